The SMILES string of the molecule is CCCCN(Cc1ccccc1)C(=O)N=c1sc(C)cn1-c1ccc(C(F)(F)F)cc1. The van der Waals surface area contributed by atoms with Gasteiger partial charge in [0.25, 0.3) is 0 Å². The molecule has 2 aromatic carbocycles. The molecule has 164 valence electrons. The summed E-state index contributed by atoms with van der Waals surface area (Å²) in [6, 6.07) is 14.2. The highest BCUT2D eigenvalue weighted by Gasteiger charge is 2.30. The summed E-state index contributed by atoms with van der Waals surface area (Å²) >= 11 is 1.32. The lowest BCUT2D eigenvalue weighted by Gasteiger charge is -2.20. The predicted octanol–water partition coefficient (Wildman–Crippen LogP) is 6.19. The number of unbranched alkanes of at least 4 members (excludes halogenated alkanes) is 1. The zero-order valence-electron chi connectivity index (χ0n) is 17.4. The molecule has 0 saturated heterocycles. The molecule has 0 atom stereocenters. The van der Waals surface area contributed by atoms with Gasteiger partial charge < -0.3 is 4.90 Å². The predicted molar refractivity (Wildman–Crippen MR) is 116 cm³/mol. The highest BCUT2D eigenvalue weighted by Crippen LogP contribution is 2.29. The Balaban J connectivity index is 1.91. The molecule has 8 heteroatoms. The van der Waals surface area contributed by atoms with Crippen LogP contribution in [-0.4, -0.2) is 22.0 Å². The van der Waals surface area contributed by atoms with Gasteiger partial charge in [0.05, 0.1) is 5.56 Å². The van der Waals surface area contributed by atoms with Crippen molar-refractivity contribution in [1.29, 1.82) is 0 Å². The standard InChI is InChI=1S/C23H24F3N3OS/c1-3-4-14-28(16-18-8-6-5-7-9-18)21(30)27-22-29(15-17(2)31-22)20-12-10-19(11-13-20)23(24,25)26/h5-13,15H,3-4,14,16H2,1-2H3. The minimum atomic E-state index is -4.39. The molecule has 0 aliphatic carbocycles. The van der Waals surface area contributed by atoms with Gasteiger partial charge in [-0.25, -0.2) is 4.79 Å². The van der Waals surface area contributed by atoms with Crippen molar-refractivity contribution in [3.05, 3.63) is 81.6 Å². The number of urea groups is 1. The smallest absolute Gasteiger partial charge is 0.318 e. The van der Waals surface area contributed by atoms with E-state index in [2.05, 4.69) is 11.9 Å². The van der Waals surface area contributed by atoms with Gasteiger partial charge in [-0.1, -0.05) is 43.7 Å². The van der Waals surface area contributed by atoms with Crippen molar-refractivity contribution in [2.75, 3.05) is 6.54 Å². The molecule has 3 aromatic rings. The van der Waals surface area contributed by atoms with Gasteiger partial charge in [0.2, 0.25) is 0 Å². The van der Waals surface area contributed by atoms with Gasteiger partial charge >= 0.3 is 12.2 Å². The van der Waals surface area contributed by atoms with Crippen LogP contribution in [0.1, 0.15) is 35.8 Å². The quantitative estimate of drug-likeness (QED) is 0.444. The summed E-state index contributed by atoms with van der Waals surface area (Å²) in [6.07, 6.45) is -0.820. The molecule has 4 nitrogen and oxygen atoms in total. The highest BCUT2D eigenvalue weighted by atomic mass is 32.1. The lowest BCUT2D eigenvalue weighted by atomic mass is 10.2. The van der Waals surface area contributed by atoms with Gasteiger partial charge in [0.1, 0.15) is 0 Å². The second kappa shape index (κ2) is 9.96. The number of alkyl halides is 3. The summed E-state index contributed by atoms with van der Waals surface area (Å²) < 4.78 is 40.3. The topological polar surface area (TPSA) is 37.6 Å². The number of carbonyl (C=O) groups is 1. The molecule has 3 rings (SSSR count). The van der Waals surface area contributed by atoms with Gasteiger partial charge in [-0.15, -0.1) is 11.3 Å². The fraction of sp³-hybridized carbons (Fsp3) is 0.304. The third-order valence-corrected chi connectivity index (χ3v) is 5.60. The molecule has 1 heterocycles. The Labute approximate surface area is 183 Å². The number of aromatic nitrogens is 1. The first-order valence-electron chi connectivity index (χ1n) is 10.0. The molecule has 0 aliphatic heterocycles. The van der Waals surface area contributed by atoms with E-state index in [9.17, 15) is 18.0 Å². The molecule has 2 amide bonds. The maximum absolute atomic E-state index is 13.0. The number of amides is 2. The van der Waals surface area contributed by atoms with Crippen LogP contribution in [-0.2, 0) is 12.7 Å². The first kappa shape index (κ1) is 22.8. The summed E-state index contributed by atoms with van der Waals surface area (Å²) in [5, 5.41) is 0. The van der Waals surface area contributed by atoms with Crippen LogP contribution in [0.5, 0.6) is 0 Å². The van der Waals surface area contributed by atoms with Gasteiger partial charge in [-0.05, 0) is 43.2 Å². The van der Waals surface area contributed by atoms with Crippen LogP contribution < -0.4 is 4.80 Å². The van der Waals surface area contributed by atoms with Crippen molar-refractivity contribution in [2.45, 2.75) is 39.4 Å². The number of halogens is 3. The number of nitrogens with zero attached hydrogens (tertiary/aromatic N) is 3. The van der Waals surface area contributed by atoms with E-state index in [0.29, 0.717) is 23.6 Å². The van der Waals surface area contributed by atoms with E-state index in [-0.39, 0.29) is 6.03 Å². The summed E-state index contributed by atoms with van der Waals surface area (Å²) in [7, 11) is 0. The Morgan fingerprint density at radius 2 is 1.77 bits per heavy atom. The molecule has 31 heavy (non-hydrogen) atoms. The van der Waals surface area contributed by atoms with Gasteiger partial charge in [0.15, 0.2) is 4.80 Å². The van der Waals surface area contributed by atoms with Crippen LogP contribution in [0.2, 0.25) is 0 Å². The highest BCUT2D eigenvalue weighted by molar-refractivity contribution is 7.09. The number of hydrogen-bond donors (Lipinski definition) is 0. The molecular weight excluding hydrogens is 423 g/mol. The van der Waals surface area contributed by atoms with E-state index in [0.717, 1.165) is 35.4 Å². The molecule has 0 spiro atoms. The molecule has 0 N–H and O–H groups in total. The van der Waals surface area contributed by atoms with E-state index >= 15 is 0 Å². The van der Waals surface area contributed by atoms with Gasteiger partial charge in [-0.2, -0.15) is 18.2 Å². The molecule has 0 fully saturated rings. The summed E-state index contributed by atoms with van der Waals surface area (Å²) in [4.78, 5) is 20.4. The minimum absolute atomic E-state index is 0.361. The molecule has 0 aliphatic rings. The Bertz CT molecular complexity index is 1070. The zero-order valence-corrected chi connectivity index (χ0v) is 18.2. The second-order valence-electron chi connectivity index (χ2n) is 7.19. The van der Waals surface area contributed by atoms with Gasteiger partial charge in [0, 0.05) is 29.9 Å². The first-order chi connectivity index (χ1) is 14.8. The van der Waals surface area contributed by atoms with E-state index in [4.69, 9.17) is 0 Å². The Kier molecular flexibility index (Phi) is 7.33. The summed E-state index contributed by atoms with van der Waals surface area (Å²) in [5.74, 6) is 0. The second-order valence-corrected chi connectivity index (χ2v) is 8.41. The van der Waals surface area contributed by atoms with Crippen molar-refractivity contribution in [1.82, 2.24) is 9.47 Å². The molecule has 1 aromatic heterocycles. The van der Waals surface area contributed by atoms with Crippen molar-refractivity contribution in [2.24, 2.45) is 4.99 Å². The fourth-order valence-corrected chi connectivity index (χ4v) is 3.90. The van der Waals surface area contributed by atoms with Crippen LogP contribution in [0.4, 0.5) is 18.0 Å². The van der Waals surface area contributed by atoms with E-state index in [1.54, 1.807) is 15.7 Å². The summed E-state index contributed by atoms with van der Waals surface area (Å²) in [5.41, 5.74) is 0.819. The van der Waals surface area contributed by atoms with E-state index in [1.165, 1.54) is 23.5 Å². The van der Waals surface area contributed by atoms with Crippen molar-refractivity contribution >= 4 is 17.4 Å². The zero-order chi connectivity index (χ0) is 22.4. The average molecular weight is 448 g/mol. The number of thiazole rings is 1. The minimum Gasteiger partial charge on any atom is -0.318 e. The van der Waals surface area contributed by atoms with Crippen LogP contribution in [0.3, 0.4) is 0 Å². The number of rotatable bonds is 6. The van der Waals surface area contributed by atoms with Crippen LogP contribution in [0.25, 0.3) is 5.69 Å². The Hall–Kier alpha value is -2.87. The van der Waals surface area contributed by atoms with Gasteiger partial charge in [-0.3, -0.25) is 4.57 Å². The molecule has 0 saturated carbocycles. The first-order valence-corrected chi connectivity index (χ1v) is 10.8. The third kappa shape index (κ3) is 6.07. The molecule has 0 bridgehead atoms. The fourth-order valence-electron chi connectivity index (χ4n) is 3.08. The monoisotopic (exact) mass is 447 g/mol. The molecule has 0 radical (unpaired) electrons. The Morgan fingerprint density at radius 3 is 2.39 bits per heavy atom. The van der Waals surface area contributed by atoms with E-state index in [1.807, 2.05) is 37.3 Å². The Morgan fingerprint density at radius 1 is 1.10 bits per heavy atom. The normalized spacial score (nSPS) is 12.2. The summed E-state index contributed by atoms with van der Waals surface area (Å²) in [6.45, 7) is 4.96. The lowest BCUT2D eigenvalue weighted by molar-refractivity contribution is -0.137. The van der Waals surface area contributed by atoms with Crippen molar-refractivity contribution < 1.29 is 18.0 Å². The van der Waals surface area contributed by atoms with E-state index < -0.39 is 11.7 Å². The number of hydrogen-bond acceptors (Lipinski definition) is 2. The van der Waals surface area contributed by atoms with Crippen molar-refractivity contribution in [3.63, 3.8) is 0 Å². The van der Waals surface area contributed by atoms with Crippen molar-refractivity contribution in [3.8, 4) is 5.69 Å². The maximum Gasteiger partial charge on any atom is 0.416 e. The average Bonchev–Trinajstić information content (AvgIpc) is 3.11. The maximum atomic E-state index is 13.0. The van der Waals surface area contributed by atoms with Crippen LogP contribution in [0.15, 0.2) is 65.8 Å². The lowest BCUT2D eigenvalue weighted by Crippen LogP contribution is -2.31. The van der Waals surface area contributed by atoms with Crippen LogP contribution >= 0.6 is 11.3 Å². The number of aryl methyl sites for hydroxylation is 1. The third-order valence-electron chi connectivity index (χ3n) is 4.70. The number of carbonyl (C=O) groups excluding carboxylic acids is 1. The number of benzene rings is 2. The molecule has 0 unspecified atom stereocenters. The largest absolute Gasteiger partial charge is 0.416 e. The molecular formula is C23H24F3N3OS. The van der Waals surface area contributed by atoms with Crippen LogP contribution in [0, 0.1) is 6.92 Å².